The Balaban J connectivity index is 2.35. The van der Waals surface area contributed by atoms with Crippen LogP contribution in [0.25, 0.3) is 0 Å². The maximum atomic E-state index is 11.5. The number of methoxy groups -OCH3 is 1. The van der Waals surface area contributed by atoms with Crippen molar-refractivity contribution < 1.29 is 19.1 Å². The molecular formula is C13H15NO4. The summed E-state index contributed by atoms with van der Waals surface area (Å²) in [6.45, 7) is 1.55. The molecule has 96 valence electrons. The van der Waals surface area contributed by atoms with Gasteiger partial charge in [-0.1, -0.05) is 12.1 Å². The number of amides is 1. The van der Waals surface area contributed by atoms with Crippen molar-refractivity contribution in [2.24, 2.45) is 5.73 Å². The summed E-state index contributed by atoms with van der Waals surface area (Å²) in [4.78, 5) is 22.9. The number of hydrogen-bond donors (Lipinski definition) is 1. The zero-order valence-electron chi connectivity index (χ0n) is 10.3. The fraction of sp³-hybridized carbons (Fsp3) is 0.385. The van der Waals surface area contributed by atoms with Crippen LogP contribution in [0.5, 0.6) is 5.75 Å². The molecule has 1 fully saturated rings. The first-order valence-corrected chi connectivity index (χ1v) is 5.63. The van der Waals surface area contributed by atoms with E-state index in [1.165, 1.54) is 0 Å². The number of hydrogen-bond acceptors (Lipinski definition) is 4. The molecule has 0 spiro atoms. The summed E-state index contributed by atoms with van der Waals surface area (Å²) in [5.41, 5.74) is 4.90. The minimum Gasteiger partial charge on any atom is -0.497 e. The van der Waals surface area contributed by atoms with Crippen LogP contribution in [0.4, 0.5) is 0 Å². The monoisotopic (exact) mass is 249 g/mol. The van der Waals surface area contributed by atoms with E-state index < -0.39 is 17.5 Å². The fourth-order valence-corrected chi connectivity index (χ4v) is 2.20. The molecule has 1 aromatic rings. The van der Waals surface area contributed by atoms with Crippen molar-refractivity contribution in [2.45, 2.75) is 24.9 Å². The van der Waals surface area contributed by atoms with Crippen LogP contribution in [0, 0.1) is 0 Å². The van der Waals surface area contributed by atoms with Crippen molar-refractivity contribution in [3.63, 3.8) is 0 Å². The molecule has 0 bridgehead atoms. The second-order valence-electron chi connectivity index (χ2n) is 4.48. The SMILES string of the molecule is COc1ccc(C2CC(=O)OC2(C)C(N)=O)cc1. The minimum absolute atomic E-state index is 0.159. The van der Waals surface area contributed by atoms with Gasteiger partial charge in [0.15, 0.2) is 5.60 Å². The van der Waals surface area contributed by atoms with Crippen LogP contribution < -0.4 is 10.5 Å². The second-order valence-corrected chi connectivity index (χ2v) is 4.48. The smallest absolute Gasteiger partial charge is 0.307 e. The van der Waals surface area contributed by atoms with Gasteiger partial charge in [0.2, 0.25) is 0 Å². The lowest BCUT2D eigenvalue weighted by Gasteiger charge is -2.26. The predicted molar refractivity (Wildman–Crippen MR) is 64.0 cm³/mol. The Kier molecular flexibility index (Phi) is 2.98. The van der Waals surface area contributed by atoms with Crippen LogP contribution in [0.2, 0.25) is 0 Å². The number of rotatable bonds is 3. The first-order chi connectivity index (χ1) is 8.47. The largest absolute Gasteiger partial charge is 0.497 e. The standard InChI is InChI=1S/C13H15NO4/c1-13(12(14)16)10(7-11(15)18-13)8-3-5-9(17-2)6-4-8/h3-6,10H,7H2,1-2H3,(H2,14,16). The van der Waals surface area contributed by atoms with Gasteiger partial charge in [-0.25, -0.2) is 0 Å². The summed E-state index contributed by atoms with van der Waals surface area (Å²) in [6, 6.07) is 7.18. The third kappa shape index (κ3) is 1.92. The molecule has 2 unspecified atom stereocenters. The van der Waals surface area contributed by atoms with E-state index in [0.29, 0.717) is 5.75 Å². The molecule has 1 aliphatic heterocycles. The van der Waals surface area contributed by atoms with Crippen molar-refractivity contribution in [3.8, 4) is 5.75 Å². The zero-order chi connectivity index (χ0) is 13.3. The summed E-state index contributed by atoms with van der Waals surface area (Å²) in [5.74, 6) is -0.676. The number of carbonyl (C=O) groups is 2. The van der Waals surface area contributed by atoms with Gasteiger partial charge in [0, 0.05) is 5.92 Å². The molecule has 0 saturated carbocycles. The third-order valence-corrected chi connectivity index (χ3v) is 3.37. The molecule has 18 heavy (non-hydrogen) atoms. The molecule has 2 atom stereocenters. The number of carbonyl (C=O) groups excluding carboxylic acids is 2. The van der Waals surface area contributed by atoms with Crippen LogP contribution in [0.1, 0.15) is 24.8 Å². The number of esters is 1. The first-order valence-electron chi connectivity index (χ1n) is 5.63. The van der Waals surface area contributed by atoms with E-state index in [2.05, 4.69) is 0 Å². The number of ether oxygens (including phenoxy) is 2. The van der Waals surface area contributed by atoms with E-state index in [0.717, 1.165) is 5.56 Å². The average Bonchev–Trinajstić information content (AvgIpc) is 2.66. The predicted octanol–water partition coefficient (Wildman–Crippen LogP) is 0.970. The molecule has 2 N–H and O–H groups in total. The van der Waals surface area contributed by atoms with Gasteiger partial charge in [-0.15, -0.1) is 0 Å². The van der Waals surface area contributed by atoms with Gasteiger partial charge in [0.1, 0.15) is 5.75 Å². The minimum atomic E-state index is -1.27. The Bertz CT molecular complexity index is 482. The maximum absolute atomic E-state index is 11.5. The Morgan fingerprint density at radius 3 is 2.56 bits per heavy atom. The van der Waals surface area contributed by atoms with Crippen molar-refractivity contribution in [1.82, 2.24) is 0 Å². The average molecular weight is 249 g/mol. The van der Waals surface area contributed by atoms with Gasteiger partial charge in [0.05, 0.1) is 13.5 Å². The first kappa shape index (κ1) is 12.4. The van der Waals surface area contributed by atoms with Crippen LogP contribution in [-0.4, -0.2) is 24.6 Å². The van der Waals surface area contributed by atoms with E-state index >= 15 is 0 Å². The highest BCUT2D eigenvalue weighted by Crippen LogP contribution is 2.40. The Morgan fingerprint density at radius 2 is 2.06 bits per heavy atom. The summed E-state index contributed by atoms with van der Waals surface area (Å²) < 4.78 is 10.2. The van der Waals surface area contributed by atoms with Crippen LogP contribution in [0.3, 0.4) is 0 Å². The van der Waals surface area contributed by atoms with Gasteiger partial charge in [0.25, 0.3) is 5.91 Å². The van der Waals surface area contributed by atoms with Crippen LogP contribution in [-0.2, 0) is 14.3 Å². The van der Waals surface area contributed by atoms with E-state index in [1.54, 1.807) is 26.2 Å². The molecule has 0 radical (unpaired) electrons. The molecule has 1 heterocycles. The molecule has 1 aliphatic rings. The number of nitrogens with two attached hydrogens (primary N) is 1. The second kappa shape index (κ2) is 4.33. The Morgan fingerprint density at radius 1 is 1.44 bits per heavy atom. The zero-order valence-corrected chi connectivity index (χ0v) is 10.3. The van der Waals surface area contributed by atoms with Gasteiger partial charge < -0.3 is 15.2 Å². The highest BCUT2D eigenvalue weighted by Gasteiger charge is 2.50. The topological polar surface area (TPSA) is 78.6 Å². The molecule has 5 nitrogen and oxygen atoms in total. The van der Waals surface area contributed by atoms with Crippen molar-refractivity contribution in [2.75, 3.05) is 7.11 Å². The molecule has 1 saturated heterocycles. The van der Waals surface area contributed by atoms with Crippen molar-refractivity contribution in [3.05, 3.63) is 29.8 Å². The van der Waals surface area contributed by atoms with Gasteiger partial charge in [-0.3, -0.25) is 9.59 Å². The maximum Gasteiger partial charge on any atom is 0.307 e. The van der Waals surface area contributed by atoms with E-state index in [9.17, 15) is 9.59 Å². The van der Waals surface area contributed by atoms with Gasteiger partial charge >= 0.3 is 5.97 Å². The highest BCUT2D eigenvalue weighted by molar-refractivity contribution is 5.91. The molecule has 0 aliphatic carbocycles. The molecule has 1 amide bonds. The van der Waals surface area contributed by atoms with E-state index in [-0.39, 0.29) is 12.3 Å². The van der Waals surface area contributed by atoms with Crippen molar-refractivity contribution in [1.29, 1.82) is 0 Å². The van der Waals surface area contributed by atoms with Crippen molar-refractivity contribution >= 4 is 11.9 Å². The summed E-state index contributed by atoms with van der Waals surface area (Å²) >= 11 is 0. The number of primary amides is 1. The highest BCUT2D eigenvalue weighted by atomic mass is 16.6. The third-order valence-electron chi connectivity index (χ3n) is 3.37. The Hall–Kier alpha value is -2.04. The molecule has 0 aromatic heterocycles. The van der Waals surface area contributed by atoms with Gasteiger partial charge in [-0.05, 0) is 24.6 Å². The van der Waals surface area contributed by atoms with Crippen LogP contribution >= 0.6 is 0 Å². The normalized spacial score (nSPS) is 26.8. The summed E-state index contributed by atoms with van der Waals surface area (Å²) in [7, 11) is 1.57. The van der Waals surface area contributed by atoms with E-state index in [1.807, 2.05) is 12.1 Å². The molecular weight excluding hydrogens is 234 g/mol. The fourth-order valence-electron chi connectivity index (χ4n) is 2.20. The quantitative estimate of drug-likeness (QED) is 0.809. The summed E-state index contributed by atoms with van der Waals surface area (Å²) in [5, 5.41) is 0. The van der Waals surface area contributed by atoms with Gasteiger partial charge in [-0.2, -0.15) is 0 Å². The summed E-state index contributed by atoms with van der Waals surface area (Å²) in [6.07, 6.45) is 0.159. The molecule has 5 heteroatoms. The molecule has 1 aromatic carbocycles. The lowest BCUT2D eigenvalue weighted by atomic mass is 9.82. The van der Waals surface area contributed by atoms with E-state index in [4.69, 9.17) is 15.2 Å². The Labute approximate surface area is 105 Å². The lowest BCUT2D eigenvalue weighted by molar-refractivity contribution is -0.155. The molecule has 2 rings (SSSR count). The number of benzene rings is 1. The number of cyclic esters (lactones) is 1. The lowest BCUT2D eigenvalue weighted by Crippen LogP contribution is -2.44. The van der Waals surface area contributed by atoms with Crippen LogP contribution in [0.15, 0.2) is 24.3 Å².